The predicted molar refractivity (Wildman–Crippen MR) is 114 cm³/mol. The molecule has 1 aliphatic heterocycles. The molecular weight excluding hydrogens is 416 g/mol. The van der Waals surface area contributed by atoms with Crippen LogP contribution < -0.4 is 10.5 Å². The van der Waals surface area contributed by atoms with Crippen LogP contribution in [0, 0.1) is 11.6 Å². The van der Waals surface area contributed by atoms with Gasteiger partial charge in [-0.2, -0.15) is 5.10 Å². The molecule has 0 saturated carbocycles. The summed E-state index contributed by atoms with van der Waals surface area (Å²) in [7, 11) is 1.75. The lowest BCUT2D eigenvalue weighted by Crippen LogP contribution is -2.10. The number of fused-ring (bicyclic) bond motifs is 7. The van der Waals surface area contributed by atoms with Gasteiger partial charge in [-0.3, -0.25) is 4.68 Å². The minimum Gasteiger partial charge on any atom is -0.482 e. The van der Waals surface area contributed by atoms with Gasteiger partial charge in [-0.15, -0.1) is 0 Å². The van der Waals surface area contributed by atoms with E-state index in [1.165, 1.54) is 6.07 Å². The Morgan fingerprint density at radius 2 is 2.03 bits per heavy atom. The molecule has 0 aliphatic carbocycles. The number of rotatable bonds is 1. The molecular formula is C23H21F2N5O2. The van der Waals surface area contributed by atoms with Crippen molar-refractivity contribution >= 4 is 5.82 Å². The van der Waals surface area contributed by atoms with Crippen molar-refractivity contribution in [2.75, 3.05) is 5.73 Å². The van der Waals surface area contributed by atoms with Crippen molar-refractivity contribution < 1.29 is 18.0 Å². The van der Waals surface area contributed by atoms with E-state index in [2.05, 4.69) is 15.2 Å². The van der Waals surface area contributed by atoms with Gasteiger partial charge < -0.3 is 15.0 Å². The maximum Gasteiger partial charge on any atom is 0.166 e. The molecule has 0 unspecified atom stereocenters. The van der Waals surface area contributed by atoms with E-state index in [4.69, 9.17) is 15.0 Å². The molecule has 32 heavy (non-hydrogen) atoms. The van der Waals surface area contributed by atoms with E-state index in [0.717, 1.165) is 28.5 Å². The molecule has 0 fully saturated rings. The fraction of sp³-hybridized carbons (Fsp3) is 0.261. The molecule has 3 aromatic heterocycles. The fourth-order valence-corrected chi connectivity index (χ4v) is 4.21. The summed E-state index contributed by atoms with van der Waals surface area (Å²) in [5.74, 6) is -0.357. The van der Waals surface area contributed by atoms with Crippen molar-refractivity contribution in [3.8, 4) is 28.1 Å². The summed E-state index contributed by atoms with van der Waals surface area (Å²) in [6.07, 6.45) is 3.68. The SMILES string of the molecule is CCc1noc2c1-c1cnc(N)c(c1)O[C@H](C)c1cc(F)cc(F)c1-c1nn(C)cc1C2. The monoisotopic (exact) mass is 437 g/mol. The normalized spacial score (nSPS) is 15.1. The minimum absolute atomic E-state index is 0.172. The maximum absolute atomic E-state index is 15.2. The summed E-state index contributed by atoms with van der Waals surface area (Å²) < 4.78 is 42.7. The highest BCUT2D eigenvalue weighted by Gasteiger charge is 2.27. The summed E-state index contributed by atoms with van der Waals surface area (Å²) in [6.45, 7) is 3.69. The summed E-state index contributed by atoms with van der Waals surface area (Å²) in [6, 6.07) is 3.87. The summed E-state index contributed by atoms with van der Waals surface area (Å²) in [4.78, 5) is 4.28. The van der Waals surface area contributed by atoms with Gasteiger partial charge in [0.1, 0.15) is 23.5 Å². The zero-order chi connectivity index (χ0) is 22.6. The number of nitrogens with two attached hydrogens (primary N) is 1. The number of nitrogens with zero attached hydrogens (tertiary/aromatic N) is 4. The van der Waals surface area contributed by atoms with Crippen molar-refractivity contribution in [1.29, 1.82) is 0 Å². The molecule has 4 heterocycles. The smallest absolute Gasteiger partial charge is 0.166 e. The van der Waals surface area contributed by atoms with Crippen molar-refractivity contribution in [2.24, 2.45) is 7.05 Å². The van der Waals surface area contributed by atoms with Gasteiger partial charge in [0.15, 0.2) is 11.6 Å². The molecule has 2 N–H and O–H groups in total. The highest BCUT2D eigenvalue weighted by Crippen LogP contribution is 2.40. The topological polar surface area (TPSA) is 92.0 Å². The fourth-order valence-electron chi connectivity index (χ4n) is 4.21. The molecule has 2 bridgehead atoms. The molecule has 0 saturated heterocycles. The number of aryl methyl sites for hydroxylation is 2. The van der Waals surface area contributed by atoms with Crippen molar-refractivity contribution in [3.05, 3.63) is 64.8 Å². The highest BCUT2D eigenvalue weighted by molar-refractivity contribution is 5.73. The number of nitrogen functional groups attached to an aromatic ring is 1. The van der Waals surface area contributed by atoms with Crippen LogP contribution in [0.5, 0.6) is 5.75 Å². The van der Waals surface area contributed by atoms with Gasteiger partial charge in [0.05, 0.1) is 11.4 Å². The average molecular weight is 437 g/mol. The third kappa shape index (κ3) is 3.21. The van der Waals surface area contributed by atoms with Crippen LogP contribution in [-0.4, -0.2) is 19.9 Å². The second kappa shape index (κ2) is 7.44. The van der Waals surface area contributed by atoms with Crippen LogP contribution >= 0.6 is 0 Å². The maximum atomic E-state index is 15.2. The Kier molecular flexibility index (Phi) is 4.69. The van der Waals surface area contributed by atoms with Crippen LogP contribution in [0.25, 0.3) is 22.4 Å². The highest BCUT2D eigenvalue weighted by atomic mass is 19.1. The molecule has 1 atom stereocenters. The van der Waals surface area contributed by atoms with Crippen LogP contribution in [0.15, 0.2) is 35.1 Å². The Morgan fingerprint density at radius 3 is 2.81 bits per heavy atom. The predicted octanol–water partition coefficient (Wildman–Crippen LogP) is 4.60. The minimum atomic E-state index is -0.726. The number of ether oxygens (including phenoxy) is 1. The molecule has 7 nitrogen and oxygen atoms in total. The Morgan fingerprint density at radius 1 is 1.22 bits per heavy atom. The van der Waals surface area contributed by atoms with Gasteiger partial charge >= 0.3 is 0 Å². The first-order chi connectivity index (χ1) is 15.4. The van der Waals surface area contributed by atoms with Gasteiger partial charge in [-0.05, 0) is 25.5 Å². The van der Waals surface area contributed by atoms with E-state index in [1.807, 2.05) is 6.92 Å². The summed E-state index contributed by atoms with van der Waals surface area (Å²) in [5, 5.41) is 8.72. The number of aromatic nitrogens is 4. The van der Waals surface area contributed by atoms with Crippen LogP contribution in [-0.2, 0) is 19.9 Å². The lowest BCUT2D eigenvalue weighted by molar-refractivity contribution is 0.227. The van der Waals surface area contributed by atoms with Gasteiger partial charge in [0.2, 0.25) is 0 Å². The van der Waals surface area contributed by atoms with Gasteiger partial charge in [-0.25, -0.2) is 13.8 Å². The third-order valence-corrected chi connectivity index (χ3v) is 5.66. The average Bonchev–Trinajstić information content (AvgIpc) is 3.31. The zero-order valence-corrected chi connectivity index (χ0v) is 17.8. The van der Waals surface area contributed by atoms with E-state index >= 15 is 4.39 Å². The molecule has 0 radical (unpaired) electrons. The Labute approximate surface area is 182 Å². The molecule has 164 valence electrons. The second-order valence-corrected chi connectivity index (χ2v) is 7.85. The summed E-state index contributed by atoms with van der Waals surface area (Å²) >= 11 is 0. The largest absolute Gasteiger partial charge is 0.482 e. The quantitative estimate of drug-likeness (QED) is 0.468. The lowest BCUT2D eigenvalue weighted by Gasteiger charge is -2.21. The van der Waals surface area contributed by atoms with Crippen molar-refractivity contribution in [1.82, 2.24) is 19.9 Å². The molecule has 1 aliphatic rings. The number of benzene rings is 1. The number of halogens is 2. The Balaban J connectivity index is 1.84. The molecule has 5 rings (SSSR count). The lowest BCUT2D eigenvalue weighted by atomic mass is 9.94. The number of pyridine rings is 1. The Hall–Kier alpha value is -3.75. The molecule has 1 aromatic carbocycles. The van der Waals surface area contributed by atoms with Crippen molar-refractivity contribution in [3.63, 3.8) is 0 Å². The molecule has 0 spiro atoms. The van der Waals surface area contributed by atoms with E-state index in [9.17, 15) is 4.39 Å². The van der Waals surface area contributed by atoms with E-state index in [0.29, 0.717) is 35.6 Å². The van der Waals surface area contributed by atoms with E-state index < -0.39 is 17.7 Å². The standard InChI is InChI=1S/C23H21F2N5O2/c1-4-17-20-12-5-19(23(26)27-9-12)31-11(2)15-7-14(24)8-16(25)21(15)22-13(10-30(3)28-22)6-18(20)32-29-17/h5,7-11H,4,6H2,1-3H3,(H2,26,27)/t11-/m1/s1. The molecule has 0 amide bonds. The van der Waals surface area contributed by atoms with Crippen LogP contribution in [0.4, 0.5) is 14.6 Å². The van der Waals surface area contributed by atoms with Crippen LogP contribution in [0.2, 0.25) is 0 Å². The first-order valence-electron chi connectivity index (χ1n) is 10.3. The van der Waals surface area contributed by atoms with E-state index in [-0.39, 0.29) is 11.4 Å². The third-order valence-electron chi connectivity index (χ3n) is 5.66. The van der Waals surface area contributed by atoms with E-state index in [1.54, 1.807) is 37.1 Å². The Bertz CT molecular complexity index is 1340. The first kappa shape index (κ1) is 20.2. The second-order valence-electron chi connectivity index (χ2n) is 7.85. The number of hydrogen-bond acceptors (Lipinski definition) is 6. The zero-order valence-electron chi connectivity index (χ0n) is 17.8. The first-order valence-corrected chi connectivity index (χ1v) is 10.3. The van der Waals surface area contributed by atoms with Gasteiger partial charge in [-0.1, -0.05) is 12.1 Å². The van der Waals surface area contributed by atoms with Crippen LogP contribution in [0.1, 0.15) is 42.5 Å². The number of anilines is 1. The van der Waals surface area contributed by atoms with Crippen molar-refractivity contribution in [2.45, 2.75) is 32.8 Å². The molecule has 9 heteroatoms. The number of hydrogen-bond donors (Lipinski definition) is 1. The van der Waals surface area contributed by atoms with Crippen LogP contribution in [0.3, 0.4) is 0 Å². The van der Waals surface area contributed by atoms with Gasteiger partial charge in [0, 0.05) is 59.7 Å². The molecule has 4 aromatic rings. The van der Waals surface area contributed by atoms with Gasteiger partial charge in [0.25, 0.3) is 0 Å². The summed E-state index contributed by atoms with van der Waals surface area (Å²) in [5.41, 5.74) is 9.98.